The van der Waals surface area contributed by atoms with Gasteiger partial charge in [-0.1, -0.05) is 67.3 Å². The third-order valence-electron chi connectivity index (χ3n) is 9.16. The Hall–Kier alpha value is -2.10. The minimum absolute atomic E-state index is 0.419. The molecule has 2 saturated carbocycles. The number of nitrogens with two attached hydrogens (primary N) is 1. The highest BCUT2D eigenvalue weighted by Gasteiger charge is 2.23. The van der Waals surface area contributed by atoms with Gasteiger partial charge in [0.1, 0.15) is 0 Å². The van der Waals surface area contributed by atoms with Crippen LogP contribution in [0, 0.1) is 24.7 Å². The predicted octanol–water partition coefficient (Wildman–Crippen LogP) is 7.41. The molecule has 0 aliphatic heterocycles. The molecule has 1 heterocycles. The molecule has 194 valence electrons. The zero-order chi connectivity index (χ0) is 24.7. The van der Waals surface area contributed by atoms with Crippen molar-refractivity contribution in [3.05, 3.63) is 71.4 Å². The second kappa shape index (κ2) is 12.4. The Balaban J connectivity index is 1.33. The fourth-order valence-corrected chi connectivity index (χ4v) is 6.96. The number of nitrogens with one attached hydrogen (secondary N) is 1. The maximum atomic E-state index is 5.90. The van der Waals surface area contributed by atoms with Crippen molar-refractivity contribution in [3.8, 4) is 0 Å². The number of aromatic nitrogens is 1. The lowest BCUT2D eigenvalue weighted by molar-refractivity contribution is 0.272. The van der Waals surface area contributed by atoms with Gasteiger partial charge >= 0.3 is 0 Å². The van der Waals surface area contributed by atoms with Crippen LogP contribution in [0.3, 0.4) is 0 Å². The molecule has 2 aliphatic carbocycles. The first-order chi connectivity index (χ1) is 17.7. The molecule has 2 fully saturated rings. The molecular formula is C33H47N3. The van der Waals surface area contributed by atoms with E-state index >= 15 is 0 Å². The SMILES string of the molecule is Cc1cccc(C(CCNC[C@H]2CC[C@H](CN)CC2)c2cn(CC3CCCCC3)c3ccccc23)c1. The summed E-state index contributed by atoms with van der Waals surface area (Å²) in [4.78, 5) is 0. The maximum Gasteiger partial charge on any atom is 0.0483 e. The summed E-state index contributed by atoms with van der Waals surface area (Å²) in [5, 5.41) is 5.30. The van der Waals surface area contributed by atoms with E-state index in [4.69, 9.17) is 5.73 Å². The summed E-state index contributed by atoms with van der Waals surface area (Å²) < 4.78 is 2.59. The fourth-order valence-electron chi connectivity index (χ4n) is 6.96. The van der Waals surface area contributed by atoms with Crippen molar-refractivity contribution in [3.63, 3.8) is 0 Å². The van der Waals surface area contributed by atoms with Crippen molar-refractivity contribution in [1.29, 1.82) is 0 Å². The topological polar surface area (TPSA) is 43.0 Å². The Bertz CT molecular complexity index is 1090. The normalized spacial score (nSPS) is 22.2. The van der Waals surface area contributed by atoms with Gasteiger partial charge in [-0.05, 0) is 106 Å². The highest BCUT2D eigenvalue weighted by atomic mass is 15.0. The van der Waals surface area contributed by atoms with Gasteiger partial charge in [0, 0.05) is 29.6 Å². The summed E-state index contributed by atoms with van der Waals surface area (Å²) in [6.45, 7) is 6.49. The number of aryl methyl sites for hydroxylation is 1. The Labute approximate surface area is 218 Å². The third-order valence-corrected chi connectivity index (χ3v) is 9.16. The van der Waals surface area contributed by atoms with Crippen LogP contribution in [0.1, 0.15) is 86.8 Å². The Morgan fingerprint density at radius 2 is 1.67 bits per heavy atom. The van der Waals surface area contributed by atoms with Crippen LogP contribution >= 0.6 is 0 Å². The zero-order valence-corrected chi connectivity index (χ0v) is 22.4. The Morgan fingerprint density at radius 1 is 0.889 bits per heavy atom. The van der Waals surface area contributed by atoms with Crippen LogP contribution in [-0.2, 0) is 6.54 Å². The summed E-state index contributed by atoms with van der Waals surface area (Å²) in [6, 6.07) is 18.3. The van der Waals surface area contributed by atoms with E-state index in [1.165, 1.54) is 91.9 Å². The van der Waals surface area contributed by atoms with Gasteiger partial charge < -0.3 is 15.6 Å². The van der Waals surface area contributed by atoms with Gasteiger partial charge in [-0.2, -0.15) is 0 Å². The highest BCUT2D eigenvalue weighted by molar-refractivity contribution is 5.85. The largest absolute Gasteiger partial charge is 0.347 e. The minimum Gasteiger partial charge on any atom is -0.347 e. The number of hydrogen-bond donors (Lipinski definition) is 2. The molecule has 5 rings (SSSR count). The second-order valence-corrected chi connectivity index (χ2v) is 11.8. The van der Waals surface area contributed by atoms with Crippen LogP contribution in [0.15, 0.2) is 54.7 Å². The van der Waals surface area contributed by atoms with Crippen LogP contribution in [0.4, 0.5) is 0 Å². The van der Waals surface area contributed by atoms with E-state index in [0.29, 0.717) is 5.92 Å². The van der Waals surface area contributed by atoms with Gasteiger partial charge in [0.25, 0.3) is 0 Å². The molecule has 2 aliphatic rings. The average molecular weight is 486 g/mol. The van der Waals surface area contributed by atoms with Crippen LogP contribution in [0.5, 0.6) is 0 Å². The minimum atomic E-state index is 0.419. The van der Waals surface area contributed by atoms with Crippen LogP contribution in [-0.4, -0.2) is 24.2 Å². The molecule has 1 atom stereocenters. The van der Waals surface area contributed by atoms with E-state index in [9.17, 15) is 0 Å². The predicted molar refractivity (Wildman–Crippen MR) is 154 cm³/mol. The van der Waals surface area contributed by atoms with Crippen molar-refractivity contribution >= 4 is 10.9 Å². The summed E-state index contributed by atoms with van der Waals surface area (Å²) >= 11 is 0. The van der Waals surface area contributed by atoms with Gasteiger partial charge in [-0.15, -0.1) is 0 Å². The molecule has 0 amide bonds. The standard InChI is InChI=1S/C33H47N3/c1-25-8-7-11-29(20-25)30(18-19-35-22-27-16-14-26(21-34)15-17-27)32-24-36(23-28-9-3-2-4-10-28)33-13-6-5-12-31(32)33/h5-8,11-13,20,24,26-28,30,35H,2-4,9-10,14-19,21-23,34H2,1H3/t26-,27-,30?. The number of nitrogens with zero attached hydrogens (tertiary/aromatic N) is 1. The molecule has 3 heteroatoms. The highest BCUT2D eigenvalue weighted by Crippen LogP contribution is 2.36. The fraction of sp³-hybridized carbons (Fsp3) is 0.576. The summed E-state index contributed by atoms with van der Waals surface area (Å²) in [5.41, 5.74) is 11.6. The van der Waals surface area contributed by atoms with Crippen LogP contribution in [0.25, 0.3) is 10.9 Å². The lowest BCUT2D eigenvalue weighted by Gasteiger charge is -2.28. The molecule has 0 saturated heterocycles. The quantitative estimate of drug-likeness (QED) is 0.294. The lowest BCUT2D eigenvalue weighted by Crippen LogP contribution is -2.29. The monoisotopic (exact) mass is 485 g/mol. The van der Waals surface area contributed by atoms with Crippen molar-refractivity contribution in [2.24, 2.45) is 23.5 Å². The van der Waals surface area contributed by atoms with E-state index in [1.54, 1.807) is 0 Å². The zero-order valence-electron chi connectivity index (χ0n) is 22.4. The average Bonchev–Trinajstić information content (AvgIpc) is 3.27. The molecular weight excluding hydrogens is 438 g/mol. The lowest BCUT2D eigenvalue weighted by atomic mass is 9.82. The van der Waals surface area contributed by atoms with E-state index in [1.807, 2.05) is 0 Å². The first kappa shape index (κ1) is 25.5. The van der Waals surface area contributed by atoms with E-state index in [2.05, 4.69) is 71.5 Å². The van der Waals surface area contributed by atoms with Gasteiger partial charge in [-0.25, -0.2) is 0 Å². The molecule has 2 aromatic carbocycles. The molecule has 3 nitrogen and oxygen atoms in total. The van der Waals surface area contributed by atoms with Gasteiger partial charge in [0.15, 0.2) is 0 Å². The van der Waals surface area contributed by atoms with Crippen molar-refractivity contribution in [2.45, 2.75) is 83.6 Å². The third kappa shape index (κ3) is 6.23. The summed E-state index contributed by atoms with van der Waals surface area (Å²) in [5.74, 6) is 2.83. The molecule has 36 heavy (non-hydrogen) atoms. The molecule has 1 aromatic heterocycles. The first-order valence-corrected chi connectivity index (χ1v) is 14.8. The molecule has 3 N–H and O–H groups in total. The molecule has 1 unspecified atom stereocenters. The van der Waals surface area contributed by atoms with Gasteiger partial charge in [-0.3, -0.25) is 0 Å². The first-order valence-electron chi connectivity index (χ1n) is 14.8. The van der Waals surface area contributed by atoms with E-state index in [0.717, 1.165) is 43.8 Å². The van der Waals surface area contributed by atoms with Gasteiger partial charge in [0.05, 0.1) is 0 Å². The number of para-hydroxylation sites is 1. The molecule has 0 spiro atoms. The Kier molecular flexibility index (Phi) is 8.82. The summed E-state index contributed by atoms with van der Waals surface area (Å²) in [7, 11) is 0. The number of hydrogen-bond acceptors (Lipinski definition) is 2. The number of rotatable bonds is 10. The summed E-state index contributed by atoms with van der Waals surface area (Å²) in [6.07, 6.45) is 16.0. The molecule has 0 bridgehead atoms. The maximum absolute atomic E-state index is 5.90. The second-order valence-electron chi connectivity index (χ2n) is 11.8. The van der Waals surface area contributed by atoms with Gasteiger partial charge in [0.2, 0.25) is 0 Å². The van der Waals surface area contributed by atoms with Crippen molar-refractivity contribution in [1.82, 2.24) is 9.88 Å². The number of fused-ring (bicyclic) bond motifs is 1. The smallest absolute Gasteiger partial charge is 0.0483 e. The van der Waals surface area contributed by atoms with Crippen LogP contribution in [0.2, 0.25) is 0 Å². The Morgan fingerprint density at radius 3 is 2.44 bits per heavy atom. The van der Waals surface area contributed by atoms with Crippen molar-refractivity contribution in [2.75, 3.05) is 19.6 Å². The van der Waals surface area contributed by atoms with Crippen LogP contribution < -0.4 is 11.1 Å². The van der Waals surface area contributed by atoms with E-state index in [-0.39, 0.29) is 0 Å². The van der Waals surface area contributed by atoms with Crippen molar-refractivity contribution < 1.29 is 0 Å². The number of benzene rings is 2. The van der Waals surface area contributed by atoms with E-state index < -0.39 is 0 Å². The molecule has 3 aromatic rings. The molecule has 0 radical (unpaired) electrons.